The van der Waals surface area contributed by atoms with Crippen molar-refractivity contribution in [2.75, 3.05) is 0 Å². The molecule has 2 nitrogen and oxygen atoms in total. The molecule has 0 N–H and O–H groups in total. The molecule has 2 unspecified atom stereocenters. The van der Waals surface area contributed by atoms with Gasteiger partial charge in [0.25, 0.3) is 5.91 Å². The zero-order valence-corrected chi connectivity index (χ0v) is 14.2. The molecule has 1 amide bonds. The molecule has 2 aliphatic heterocycles. The summed E-state index contributed by atoms with van der Waals surface area (Å²) in [5.41, 5.74) is 2.66. The summed E-state index contributed by atoms with van der Waals surface area (Å²) in [5, 5.41) is 0. The monoisotopic (exact) mass is 325 g/mol. The highest BCUT2D eigenvalue weighted by atomic mass is 19.1. The second-order valence-electron chi connectivity index (χ2n) is 6.97. The van der Waals surface area contributed by atoms with Gasteiger partial charge < -0.3 is 4.90 Å². The van der Waals surface area contributed by atoms with E-state index in [0.29, 0.717) is 11.5 Å². The van der Waals surface area contributed by atoms with E-state index in [1.54, 1.807) is 12.2 Å². The van der Waals surface area contributed by atoms with Crippen LogP contribution >= 0.6 is 0 Å². The van der Waals surface area contributed by atoms with E-state index in [4.69, 9.17) is 0 Å². The first-order chi connectivity index (χ1) is 11.5. The normalized spacial score (nSPS) is 26.3. The fourth-order valence-electron chi connectivity index (χ4n) is 4.14. The minimum atomic E-state index is -0.199. The average molecular weight is 325 g/mol. The van der Waals surface area contributed by atoms with E-state index < -0.39 is 0 Å². The van der Waals surface area contributed by atoms with E-state index in [9.17, 15) is 9.18 Å². The van der Waals surface area contributed by atoms with Gasteiger partial charge in [0.1, 0.15) is 5.82 Å². The number of hydrogen-bond donors (Lipinski definition) is 0. The van der Waals surface area contributed by atoms with Crippen LogP contribution in [-0.2, 0) is 4.79 Å². The molecule has 0 aromatic heterocycles. The summed E-state index contributed by atoms with van der Waals surface area (Å²) >= 11 is 0. The Hall–Kier alpha value is -2.16. The van der Waals surface area contributed by atoms with Crippen molar-refractivity contribution in [3.8, 4) is 0 Å². The van der Waals surface area contributed by atoms with E-state index in [-0.39, 0.29) is 23.8 Å². The highest BCUT2D eigenvalue weighted by Crippen LogP contribution is 2.43. The lowest BCUT2D eigenvalue weighted by atomic mass is 9.84. The number of rotatable bonds is 4. The topological polar surface area (TPSA) is 20.3 Å². The molecule has 2 bridgehead atoms. The fraction of sp³-hybridized carbons (Fsp3) is 0.381. The van der Waals surface area contributed by atoms with E-state index in [0.717, 1.165) is 31.3 Å². The number of halogens is 1. The maximum atomic E-state index is 13.1. The van der Waals surface area contributed by atoms with Gasteiger partial charge in [-0.3, -0.25) is 4.79 Å². The standard InChI is InChI=1S/C21H24FNO/c1-4-15(11-14(2)3)21(24)23-19-9-10-20(23)13-17(12-19)16-5-7-18(22)8-6-16/h4-8,11,17,19-20H,1-2,9-10,12-13H2,3H3/b15-11+. The van der Waals surface area contributed by atoms with Gasteiger partial charge in [0.15, 0.2) is 0 Å². The number of fused-ring (bicyclic) bond motifs is 2. The first-order valence-corrected chi connectivity index (χ1v) is 8.57. The summed E-state index contributed by atoms with van der Waals surface area (Å²) in [6.07, 6.45) is 7.43. The third-order valence-corrected chi connectivity index (χ3v) is 5.18. The number of amides is 1. The van der Waals surface area contributed by atoms with Crippen molar-refractivity contribution >= 4 is 5.91 Å². The molecule has 0 spiro atoms. The van der Waals surface area contributed by atoms with Gasteiger partial charge in [-0.2, -0.15) is 0 Å². The van der Waals surface area contributed by atoms with Crippen molar-refractivity contribution < 1.29 is 9.18 Å². The Kier molecular flexibility index (Phi) is 4.70. The van der Waals surface area contributed by atoms with Crippen LogP contribution in [-0.4, -0.2) is 22.9 Å². The molecule has 2 fully saturated rings. The Morgan fingerprint density at radius 1 is 1.21 bits per heavy atom. The van der Waals surface area contributed by atoms with Gasteiger partial charge in [-0.15, -0.1) is 0 Å². The van der Waals surface area contributed by atoms with Crippen LogP contribution in [0.2, 0.25) is 0 Å². The predicted octanol–water partition coefficient (Wildman–Crippen LogP) is 4.75. The zero-order valence-electron chi connectivity index (χ0n) is 14.2. The summed E-state index contributed by atoms with van der Waals surface area (Å²) in [6.45, 7) is 9.52. The van der Waals surface area contributed by atoms with Crippen LogP contribution < -0.4 is 0 Å². The summed E-state index contributed by atoms with van der Waals surface area (Å²) in [4.78, 5) is 15.0. The second kappa shape index (κ2) is 6.76. The first kappa shape index (κ1) is 16.7. The summed E-state index contributed by atoms with van der Waals surface area (Å²) in [7, 11) is 0. The molecule has 3 heteroatoms. The van der Waals surface area contributed by atoms with Gasteiger partial charge in [0, 0.05) is 17.7 Å². The summed E-state index contributed by atoms with van der Waals surface area (Å²) in [6, 6.07) is 7.35. The second-order valence-corrected chi connectivity index (χ2v) is 6.97. The van der Waals surface area contributed by atoms with Gasteiger partial charge in [0.05, 0.1) is 0 Å². The van der Waals surface area contributed by atoms with Crippen LogP contribution in [0.15, 0.2) is 60.7 Å². The number of benzene rings is 1. The van der Waals surface area contributed by atoms with E-state index >= 15 is 0 Å². The van der Waals surface area contributed by atoms with Crippen molar-refractivity contribution in [1.29, 1.82) is 0 Å². The molecule has 2 atom stereocenters. The Balaban J connectivity index is 1.78. The van der Waals surface area contributed by atoms with Crippen molar-refractivity contribution in [2.45, 2.75) is 50.6 Å². The molecule has 0 saturated carbocycles. The molecule has 2 aliphatic rings. The lowest BCUT2D eigenvalue weighted by molar-refractivity contribution is -0.131. The molecular weight excluding hydrogens is 301 g/mol. The maximum absolute atomic E-state index is 13.1. The Morgan fingerprint density at radius 3 is 2.29 bits per heavy atom. The molecule has 1 aromatic rings. The molecule has 0 radical (unpaired) electrons. The van der Waals surface area contributed by atoms with Crippen LogP contribution in [0.5, 0.6) is 0 Å². The highest BCUT2D eigenvalue weighted by Gasteiger charge is 2.43. The average Bonchev–Trinajstić information content (AvgIpc) is 2.82. The molecule has 0 aliphatic carbocycles. The number of piperidine rings is 1. The number of carbonyl (C=O) groups excluding carboxylic acids is 1. The molecule has 2 saturated heterocycles. The van der Waals surface area contributed by atoms with Gasteiger partial charge >= 0.3 is 0 Å². The van der Waals surface area contributed by atoms with Crippen LogP contribution in [0, 0.1) is 5.82 Å². The molecule has 1 aromatic carbocycles. The third kappa shape index (κ3) is 3.21. The van der Waals surface area contributed by atoms with Crippen molar-refractivity contribution in [3.63, 3.8) is 0 Å². The smallest absolute Gasteiger partial charge is 0.254 e. The number of allylic oxidation sites excluding steroid dienone is 2. The largest absolute Gasteiger partial charge is 0.333 e. The lowest BCUT2D eigenvalue weighted by Crippen LogP contribution is -2.46. The molecular formula is C21H24FNO. The molecule has 2 heterocycles. The molecule has 3 rings (SSSR count). The Morgan fingerprint density at radius 2 is 1.79 bits per heavy atom. The zero-order chi connectivity index (χ0) is 17.3. The number of hydrogen-bond acceptors (Lipinski definition) is 1. The van der Waals surface area contributed by atoms with E-state index in [1.807, 2.05) is 19.1 Å². The number of carbonyl (C=O) groups is 1. The first-order valence-electron chi connectivity index (χ1n) is 8.57. The van der Waals surface area contributed by atoms with Gasteiger partial charge in [-0.1, -0.05) is 36.9 Å². The predicted molar refractivity (Wildman–Crippen MR) is 95.1 cm³/mol. The third-order valence-electron chi connectivity index (χ3n) is 5.18. The molecule has 24 heavy (non-hydrogen) atoms. The SMILES string of the molecule is C=C/C(=C\C(=C)C)C(=O)N1C2CCC1CC(c1ccc(F)cc1)C2. The number of nitrogens with zero attached hydrogens (tertiary/aromatic N) is 1. The van der Waals surface area contributed by atoms with Crippen LogP contribution in [0.1, 0.15) is 44.1 Å². The van der Waals surface area contributed by atoms with Crippen LogP contribution in [0.4, 0.5) is 4.39 Å². The quantitative estimate of drug-likeness (QED) is 0.578. The minimum absolute atomic E-state index is 0.0676. The van der Waals surface area contributed by atoms with Crippen LogP contribution in [0.25, 0.3) is 0 Å². The van der Waals surface area contributed by atoms with Gasteiger partial charge in [-0.25, -0.2) is 4.39 Å². The van der Waals surface area contributed by atoms with Crippen molar-refractivity contribution in [1.82, 2.24) is 4.90 Å². The van der Waals surface area contributed by atoms with E-state index in [1.165, 1.54) is 17.7 Å². The van der Waals surface area contributed by atoms with Crippen molar-refractivity contribution in [3.05, 3.63) is 72.1 Å². The lowest BCUT2D eigenvalue weighted by Gasteiger charge is -2.39. The minimum Gasteiger partial charge on any atom is -0.333 e. The Bertz CT molecular complexity index is 674. The Labute approximate surface area is 143 Å². The fourth-order valence-corrected chi connectivity index (χ4v) is 4.14. The summed E-state index contributed by atoms with van der Waals surface area (Å²) in [5.74, 6) is 0.275. The van der Waals surface area contributed by atoms with Crippen LogP contribution in [0.3, 0.4) is 0 Å². The van der Waals surface area contributed by atoms with Crippen molar-refractivity contribution in [2.24, 2.45) is 0 Å². The maximum Gasteiger partial charge on any atom is 0.254 e. The molecule has 126 valence electrons. The van der Waals surface area contributed by atoms with Gasteiger partial charge in [0.2, 0.25) is 0 Å². The van der Waals surface area contributed by atoms with E-state index in [2.05, 4.69) is 18.1 Å². The summed E-state index contributed by atoms with van der Waals surface area (Å²) < 4.78 is 13.1. The highest BCUT2D eigenvalue weighted by molar-refractivity contribution is 5.97. The van der Waals surface area contributed by atoms with Gasteiger partial charge in [-0.05, 0) is 62.3 Å².